The van der Waals surface area contributed by atoms with E-state index in [9.17, 15) is 9.90 Å². The van der Waals surface area contributed by atoms with Gasteiger partial charge in [0.1, 0.15) is 5.92 Å². The third-order valence-electron chi connectivity index (χ3n) is 3.20. The molecule has 0 saturated carbocycles. The zero-order valence-electron chi connectivity index (χ0n) is 11.1. The number of carboxylic acids is 1. The van der Waals surface area contributed by atoms with Crippen LogP contribution in [-0.2, 0) is 11.2 Å². The number of benzene rings is 1. The zero-order chi connectivity index (χ0) is 13.8. The minimum atomic E-state index is -0.830. The first kappa shape index (κ1) is 13.3. The lowest BCUT2D eigenvalue weighted by molar-refractivity contribution is -0.138. The second-order valence-electron chi connectivity index (χ2n) is 4.79. The highest BCUT2D eigenvalue weighted by Crippen LogP contribution is 2.22. The van der Waals surface area contributed by atoms with Crippen molar-refractivity contribution in [1.29, 1.82) is 0 Å². The van der Waals surface area contributed by atoms with Gasteiger partial charge in [0, 0.05) is 6.20 Å². The van der Waals surface area contributed by atoms with Crippen molar-refractivity contribution in [1.82, 2.24) is 4.98 Å². The van der Waals surface area contributed by atoms with E-state index in [4.69, 9.17) is 0 Å². The molecule has 1 unspecified atom stereocenters. The number of aliphatic carboxylic acids is 1. The van der Waals surface area contributed by atoms with E-state index in [1.165, 1.54) is 0 Å². The van der Waals surface area contributed by atoms with Gasteiger partial charge in [-0.1, -0.05) is 35.9 Å². The van der Waals surface area contributed by atoms with Crippen molar-refractivity contribution in [3.8, 4) is 0 Å². The van der Waals surface area contributed by atoms with Crippen LogP contribution >= 0.6 is 0 Å². The quantitative estimate of drug-likeness (QED) is 0.913. The predicted octanol–water partition coefficient (Wildman–Crippen LogP) is 3.11. The van der Waals surface area contributed by atoms with Gasteiger partial charge in [0.15, 0.2) is 0 Å². The minimum absolute atomic E-state index is 0.467. The van der Waals surface area contributed by atoms with Crippen molar-refractivity contribution in [2.24, 2.45) is 0 Å². The lowest BCUT2D eigenvalue weighted by Crippen LogP contribution is -2.17. The maximum atomic E-state index is 11.5. The number of pyridine rings is 1. The Morgan fingerprint density at radius 2 is 2.05 bits per heavy atom. The molecule has 0 aliphatic carbocycles. The fraction of sp³-hybridized carbons (Fsp3) is 0.250. The summed E-state index contributed by atoms with van der Waals surface area (Å²) in [5, 5.41) is 9.44. The Kier molecular flexibility index (Phi) is 3.95. The third kappa shape index (κ3) is 3.19. The summed E-state index contributed by atoms with van der Waals surface area (Å²) < 4.78 is 0. The van der Waals surface area contributed by atoms with Crippen LogP contribution in [0.25, 0.3) is 0 Å². The predicted molar refractivity (Wildman–Crippen MR) is 74.2 cm³/mol. The summed E-state index contributed by atoms with van der Waals surface area (Å²) in [6, 6.07) is 11.7. The minimum Gasteiger partial charge on any atom is -0.481 e. The molecule has 0 aliphatic heterocycles. The second kappa shape index (κ2) is 5.65. The van der Waals surface area contributed by atoms with E-state index in [0.717, 1.165) is 16.7 Å². The van der Waals surface area contributed by atoms with Crippen molar-refractivity contribution in [2.75, 3.05) is 0 Å². The number of carbonyl (C=O) groups is 1. The number of aryl methyl sites for hydroxylation is 2. The summed E-state index contributed by atoms with van der Waals surface area (Å²) in [5.41, 5.74) is 3.73. The van der Waals surface area contributed by atoms with Crippen LogP contribution in [0, 0.1) is 13.8 Å². The average molecular weight is 255 g/mol. The summed E-state index contributed by atoms with van der Waals surface area (Å²) >= 11 is 0. The Hall–Kier alpha value is -2.16. The molecule has 3 heteroatoms. The van der Waals surface area contributed by atoms with Gasteiger partial charge in [0.05, 0.1) is 5.69 Å². The Morgan fingerprint density at radius 1 is 1.26 bits per heavy atom. The molecule has 0 spiro atoms. The van der Waals surface area contributed by atoms with Gasteiger partial charge in [0.25, 0.3) is 0 Å². The topological polar surface area (TPSA) is 50.2 Å². The van der Waals surface area contributed by atoms with Crippen LogP contribution in [0.5, 0.6) is 0 Å². The number of hydrogen-bond donors (Lipinski definition) is 1. The molecule has 1 heterocycles. The summed E-state index contributed by atoms with van der Waals surface area (Å²) in [7, 11) is 0. The highest BCUT2D eigenvalue weighted by Gasteiger charge is 2.23. The molecular weight excluding hydrogens is 238 g/mol. The van der Waals surface area contributed by atoms with Crippen LogP contribution in [0.1, 0.15) is 28.3 Å². The first-order valence-electron chi connectivity index (χ1n) is 6.28. The van der Waals surface area contributed by atoms with Gasteiger partial charge in [-0.25, -0.2) is 0 Å². The van der Waals surface area contributed by atoms with Crippen LogP contribution in [-0.4, -0.2) is 16.1 Å². The van der Waals surface area contributed by atoms with Gasteiger partial charge in [-0.3, -0.25) is 9.78 Å². The van der Waals surface area contributed by atoms with E-state index in [1.807, 2.05) is 50.2 Å². The number of rotatable bonds is 4. The van der Waals surface area contributed by atoms with Crippen LogP contribution in [0.4, 0.5) is 0 Å². The van der Waals surface area contributed by atoms with Crippen molar-refractivity contribution in [2.45, 2.75) is 26.2 Å². The molecule has 3 nitrogen and oxygen atoms in total. The molecule has 2 rings (SSSR count). The van der Waals surface area contributed by atoms with Crippen molar-refractivity contribution in [3.05, 3.63) is 65.0 Å². The third-order valence-corrected chi connectivity index (χ3v) is 3.20. The fourth-order valence-corrected chi connectivity index (χ4v) is 2.24. The Bertz CT molecular complexity index is 593. The van der Waals surface area contributed by atoms with Gasteiger partial charge in [0.2, 0.25) is 0 Å². The number of hydrogen-bond acceptors (Lipinski definition) is 2. The molecule has 2 aromatic rings. The summed E-state index contributed by atoms with van der Waals surface area (Å²) in [4.78, 5) is 15.7. The molecule has 1 aromatic carbocycles. The molecule has 1 atom stereocenters. The van der Waals surface area contributed by atoms with E-state index in [0.29, 0.717) is 12.1 Å². The molecule has 0 radical (unpaired) electrons. The molecule has 1 aromatic heterocycles. The maximum absolute atomic E-state index is 11.5. The van der Waals surface area contributed by atoms with Gasteiger partial charge in [-0.15, -0.1) is 0 Å². The summed E-state index contributed by atoms with van der Waals surface area (Å²) in [5.74, 6) is -1.42. The zero-order valence-corrected chi connectivity index (χ0v) is 11.1. The van der Waals surface area contributed by atoms with E-state index < -0.39 is 11.9 Å². The van der Waals surface area contributed by atoms with Gasteiger partial charge in [-0.05, 0) is 37.5 Å². The van der Waals surface area contributed by atoms with E-state index in [1.54, 1.807) is 6.20 Å². The Labute approximate surface area is 112 Å². The van der Waals surface area contributed by atoms with Crippen LogP contribution in [0.15, 0.2) is 42.6 Å². The normalized spacial score (nSPS) is 12.1. The lowest BCUT2D eigenvalue weighted by Gasteiger charge is -2.14. The van der Waals surface area contributed by atoms with Crippen LogP contribution < -0.4 is 0 Å². The number of nitrogens with zero attached hydrogens (tertiary/aromatic N) is 1. The number of aromatic nitrogens is 1. The Morgan fingerprint density at radius 3 is 2.68 bits per heavy atom. The van der Waals surface area contributed by atoms with Crippen molar-refractivity contribution in [3.63, 3.8) is 0 Å². The molecule has 19 heavy (non-hydrogen) atoms. The van der Waals surface area contributed by atoms with Crippen molar-refractivity contribution >= 4 is 5.97 Å². The standard InChI is InChI=1S/C16H17NO2/c1-11-5-3-7-13(9-11)10-14(16(18)19)15-12(2)6-4-8-17-15/h3-9,14H,10H2,1-2H3,(H,18,19). The first-order valence-corrected chi connectivity index (χ1v) is 6.28. The molecule has 0 aliphatic rings. The molecule has 0 fully saturated rings. The van der Waals surface area contributed by atoms with E-state index >= 15 is 0 Å². The van der Waals surface area contributed by atoms with Crippen LogP contribution in [0.2, 0.25) is 0 Å². The highest BCUT2D eigenvalue weighted by molar-refractivity contribution is 5.76. The van der Waals surface area contributed by atoms with Crippen LogP contribution in [0.3, 0.4) is 0 Å². The molecule has 98 valence electrons. The lowest BCUT2D eigenvalue weighted by atomic mass is 9.93. The molecular formula is C16H17NO2. The largest absolute Gasteiger partial charge is 0.481 e. The summed E-state index contributed by atoms with van der Waals surface area (Å²) in [6.45, 7) is 3.90. The SMILES string of the molecule is Cc1cccc(CC(C(=O)O)c2ncccc2C)c1. The van der Waals surface area contributed by atoms with Gasteiger partial charge < -0.3 is 5.11 Å². The first-order chi connectivity index (χ1) is 9.08. The fourth-order valence-electron chi connectivity index (χ4n) is 2.24. The Balaban J connectivity index is 2.32. The summed E-state index contributed by atoms with van der Waals surface area (Å²) in [6.07, 6.45) is 2.11. The molecule has 0 amide bonds. The molecule has 1 N–H and O–H groups in total. The maximum Gasteiger partial charge on any atom is 0.312 e. The van der Waals surface area contributed by atoms with Gasteiger partial charge >= 0.3 is 5.97 Å². The average Bonchev–Trinajstić information content (AvgIpc) is 2.37. The smallest absolute Gasteiger partial charge is 0.312 e. The van der Waals surface area contributed by atoms with Gasteiger partial charge in [-0.2, -0.15) is 0 Å². The molecule has 0 bridgehead atoms. The van der Waals surface area contributed by atoms with E-state index in [2.05, 4.69) is 4.98 Å². The number of carboxylic acid groups (broad SMARTS) is 1. The molecule has 0 saturated heterocycles. The van der Waals surface area contributed by atoms with Crippen molar-refractivity contribution < 1.29 is 9.90 Å². The highest BCUT2D eigenvalue weighted by atomic mass is 16.4. The monoisotopic (exact) mass is 255 g/mol. The second-order valence-corrected chi connectivity index (χ2v) is 4.79. The van der Waals surface area contributed by atoms with E-state index in [-0.39, 0.29) is 0 Å².